The fraction of sp³-hybridized carbons (Fsp3) is 0.727. The molecule has 0 spiro atoms. The molecule has 16 heavy (non-hydrogen) atoms. The number of rotatable bonds is 4. The minimum atomic E-state index is -0.352. The van der Waals surface area contributed by atoms with Crippen LogP contribution in [-0.2, 0) is 14.2 Å². The van der Waals surface area contributed by atoms with Crippen LogP contribution >= 0.6 is 11.3 Å². The van der Waals surface area contributed by atoms with E-state index in [1.165, 1.54) is 0 Å². The van der Waals surface area contributed by atoms with E-state index in [2.05, 4.69) is 4.98 Å². The van der Waals surface area contributed by atoms with E-state index in [0.29, 0.717) is 5.92 Å². The summed E-state index contributed by atoms with van der Waals surface area (Å²) in [5.41, 5.74) is 0.857. The Hall–Kier alpha value is -0.490. The zero-order valence-corrected chi connectivity index (χ0v) is 10.5. The third-order valence-corrected chi connectivity index (χ3v) is 3.74. The molecular formula is C11H17NO3S. The Morgan fingerprint density at radius 2 is 2.31 bits per heavy atom. The summed E-state index contributed by atoms with van der Waals surface area (Å²) in [6.07, 6.45) is 1.93. The van der Waals surface area contributed by atoms with Crippen molar-refractivity contribution in [3.63, 3.8) is 0 Å². The summed E-state index contributed by atoms with van der Waals surface area (Å²) in [6, 6.07) is 0. The molecule has 1 unspecified atom stereocenters. The van der Waals surface area contributed by atoms with Crippen LogP contribution in [0.2, 0.25) is 0 Å². The predicted molar refractivity (Wildman–Crippen MR) is 61.7 cm³/mol. The molecule has 0 amide bonds. The molecule has 0 radical (unpaired) electrons. The van der Waals surface area contributed by atoms with E-state index in [0.717, 1.165) is 36.8 Å². The number of aromatic nitrogens is 1. The van der Waals surface area contributed by atoms with Crippen LogP contribution in [0.1, 0.15) is 35.8 Å². The highest BCUT2D eigenvalue weighted by atomic mass is 32.1. The Labute approximate surface area is 99.5 Å². The van der Waals surface area contributed by atoms with Crippen molar-refractivity contribution >= 4 is 11.3 Å². The molecule has 0 aromatic carbocycles. The Morgan fingerprint density at radius 3 is 2.94 bits per heavy atom. The van der Waals surface area contributed by atoms with Gasteiger partial charge in [-0.3, -0.25) is 0 Å². The quantitative estimate of drug-likeness (QED) is 0.761. The maximum atomic E-state index is 5.46. The molecule has 1 atom stereocenters. The zero-order valence-electron chi connectivity index (χ0n) is 9.64. The summed E-state index contributed by atoms with van der Waals surface area (Å²) in [5.74, 6) is 0.446. The van der Waals surface area contributed by atoms with Gasteiger partial charge in [-0.1, -0.05) is 0 Å². The van der Waals surface area contributed by atoms with Crippen molar-refractivity contribution in [1.29, 1.82) is 0 Å². The van der Waals surface area contributed by atoms with Crippen LogP contribution in [0.15, 0.2) is 5.38 Å². The average molecular weight is 243 g/mol. The van der Waals surface area contributed by atoms with Crippen molar-refractivity contribution in [3.05, 3.63) is 16.1 Å². The van der Waals surface area contributed by atoms with Crippen molar-refractivity contribution in [3.8, 4) is 0 Å². The van der Waals surface area contributed by atoms with Crippen LogP contribution in [0, 0.1) is 0 Å². The predicted octanol–water partition coefficient (Wildman–Crippen LogP) is 2.33. The van der Waals surface area contributed by atoms with Crippen molar-refractivity contribution in [2.45, 2.75) is 25.0 Å². The second-order valence-corrected chi connectivity index (χ2v) is 4.72. The summed E-state index contributed by atoms with van der Waals surface area (Å²) in [7, 11) is 3.24. The maximum Gasteiger partial charge on any atom is 0.201 e. The van der Waals surface area contributed by atoms with E-state index >= 15 is 0 Å². The summed E-state index contributed by atoms with van der Waals surface area (Å²) >= 11 is 1.66. The van der Waals surface area contributed by atoms with Crippen LogP contribution in [0.25, 0.3) is 0 Å². The van der Waals surface area contributed by atoms with E-state index < -0.39 is 0 Å². The van der Waals surface area contributed by atoms with Crippen molar-refractivity contribution in [2.24, 2.45) is 0 Å². The molecule has 2 rings (SSSR count). The SMILES string of the molecule is COC(OC)c1csc(C2CCCOC2)n1. The van der Waals surface area contributed by atoms with E-state index in [-0.39, 0.29) is 6.29 Å². The summed E-state index contributed by atoms with van der Waals surface area (Å²) < 4.78 is 15.8. The number of thiazole rings is 1. The number of nitrogens with zero attached hydrogens (tertiary/aromatic N) is 1. The standard InChI is InChI=1S/C11H17NO3S/c1-13-11(14-2)9-7-16-10(12-9)8-4-3-5-15-6-8/h7-8,11H,3-6H2,1-2H3. The van der Waals surface area contributed by atoms with Gasteiger partial charge in [-0.15, -0.1) is 11.3 Å². The van der Waals surface area contributed by atoms with Crippen LogP contribution in [0.4, 0.5) is 0 Å². The molecule has 0 aliphatic carbocycles. The third-order valence-electron chi connectivity index (χ3n) is 2.72. The number of ether oxygens (including phenoxy) is 3. The largest absolute Gasteiger partial charge is 0.381 e. The summed E-state index contributed by atoms with van der Waals surface area (Å²) in [6.45, 7) is 1.67. The molecule has 1 aromatic rings. The number of hydrogen-bond donors (Lipinski definition) is 0. The van der Waals surface area contributed by atoms with Crippen LogP contribution < -0.4 is 0 Å². The molecule has 90 valence electrons. The highest BCUT2D eigenvalue weighted by Gasteiger charge is 2.21. The Kier molecular flexibility index (Phi) is 4.29. The van der Waals surface area contributed by atoms with E-state index in [9.17, 15) is 0 Å². The fourth-order valence-corrected chi connectivity index (χ4v) is 2.81. The first kappa shape index (κ1) is 12.0. The van der Waals surface area contributed by atoms with Crippen molar-refractivity contribution in [1.82, 2.24) is 4.98 Å². The van der Waals surface area contributed by atoms with Gasteiger partial charge in [0, 0.05) is 32.1 Å². The van der Waals surface area contributed by atoms with Gasteiger partial charge >= 0.3 is 0 Å². The number of methoxy groups -OCH3 is 2. The van der Waals surface area contributed by atoms with E-state index in [1.807, 2.05) is 5.38 Å². The second-order valence-electron chi connectivity index (χ2n) is 3.83. The zero-order chi connectivity index (χ0) is 11.4. The van der Waals surface area contributed by atoms with Crippen molar-refractivity contribution in [2.75, 3.05) is 27.4 Å². The average Bonchev–Trinajstić information content (AvgIpc) is 2.81. The van der Waals surface area contributed by atoms with Gasteiger partial charge in [-0.2, -0.15) is 0 Å². The lowest BCUT2D eigenvalue weighted by Gasteiger charge is -2.19. The van der Waals surface area contributed by atoms with Gasteiger partial charge < -0.3 is 14.2 Å². The first-order valence-electron chi connectivity index (χ1n) is 5.43. The Balaban J connectivity index is 2.05. The first-order valence-corrected chi connectivity index (χ1v) is 6.31. The summed E-state index contributed by atoms with van der Waals surface area (Å²) in [5, 5.41) is 3.13. The lowest BCUT2D eigenvalue weighted by Crippen LogP contribution is -2.15. The monoisotopic (exact) mass is 243 g/mol. The summed E-state index contributed by atoms with van der Waals surface area (Å²) in [4.78, 5) is 4.56. The minimum Gasteiger partial charge on any atom is -0.381 e. The Bertz CT molecular complexity index is 319. The van der Waals surface area contributed by atoms with E-state index in [4.69, 9.17) is 14.2 Å². The van der Waals surface area contributed by atoms with Crippen LogP contribution in [0.3, 0.4) is 0 Å². The molecule has 2 heterocycles. The normalized spacial score (nSPS) is 21.6. The smallest absolute Gasteiger partial charge is 0.201 e. The maximum absolute atomic E-state index is 5.46. The van der Waals surface area contributed by atoms with Gasteiger partial charge in [-0.25, -0.2) is 4.98 Å². The lowest BCUT2D eigenvalue weighted by molar-refractivity contribution is -0.108. The van der Waals surface area contributed by atoms with Gasteiger partial charge in [0.1, 0.15) is 5.69 Å². The first-order chi connectivity index (χ1) is 7.85. The van der Waals surface area contributed by atoms with Gasteiger partial charge in [-0.05, 0) is 12.8 Å². The second kappa shape index (κ2) is 5.72. The van der Waals surface area contributed by atoms with Crippen LogP contribution in [0.5, 0.6) is 0 Å². The van der Waals surface area contributed by atoms with Crippen LogP contribution in [-0.4, -0.2) is 32.4 Å². The molecule has 1 aliphatic rings. The molecule has 4 nitrogen and oxygen atoms in total. The molecular weight excluding hydrogens is 226 g/mol. The van der Waals surface area contributed by atoms with Gasteiger partial charge in [0.2, 0.25) is 6.29 Å². The minimum absolute atomic E-state index is 0.352. The fourth-order valence-electron chi connectivity index (χ4n) is 1.87. The molecule has 1 aromatic heterocycles. The highest BCUT2D eigenvalue weighted by Crippen LogP contribution is 2.30. The molecule has 5 heteroatoms. The van der Waals surface area contributed by atoms with Crippen molar-refractivity contribution < 1.29 is 14.2 Å². The third kappa shape index (κ3) is 2.60. The van der Waals surface area contributed by atoms with E-state index in [1.54, 1.807) is 25.6 Å². The molecule has 1 aliphatic heterocycles. The number of hydrogen-bond acceptors (Lipinski definition) is 5. The molecule has 0 N–H and O–H groups in total. The molecule has 1 saturated heterocycles. The van der Waals surface area contributed by atoms with Gasteiger partial charge in [0.25, 0.3) is 0 Å². The topological polar surface area (TPSA) is 40.6 Å². The van der Waals surface area contributed by atoms with Gasteiger partial charge in [0.15, 0.2) is 0 Å². The van der Waals surface area contributed by atoms with Gasteiger partial charge in [0.05, 0.1) is 11.6 Å². The molecule has 0 bridgehead atoms. The highest BCUT2D eigenvalue weighted by molar-refractivity contribution is 7.09. The molecule has 0 saturated carbocycles. The Morgan fingerprint density at radius 1 is 1.50 bits per heavy atom. The lowest BCUT2D eigenvalue weighted by atomic mass is 10.0. The molecule has 1 fully saturated rings.